The second-order valence-electron chi connectivity index (χ2n) is 7.03. The van der Waals surface area contributed by atoms with Gasteiger partial charge in [-0.1, -0.05) is 49.2 Å². The Morgan fingerprint density at radius 3 is 2.88 bits per heavy atom. The highest BCUT2D eigenvalue weighted by molar-refractivity contribution is 6.42. The van der Waals surface area contributed by atoms with Gasteiger partial charge in [0.1, 0.15) is 12.4 Å². The van der Waals surface area contributed by atoms with Crippen molar-refractivity contribution in [3.8, 4) is 0 Å². The van der Waals surface area contributed by atoms with Crippen LogP contribution in [-0.4, -0.2) is 20.5 Å². The summed E-state index contributed by atoms with van der Waals surface area (Å²) in [6.45, 7) is 4.19. The van der Waals surface area contributed by atoms with Crippen LogP contribution in [0.15, 0.2) is 35.8 Å². The minimum atomic E-state index is -0.409. The first-order chi connectivity index (χ1) is 11.4. The molecule has 124 valence electrons. The van der Waals surface area contributed by atoms with Crippen LogP contribution >= 0.6 is 23.2 Å². The van der Waals surface area contributed by atoms with Gasteiger partial charge in [-0.2, -0.15) is 10.1 Å². The van der Waals surface area contributed by atoms with Crippen LogP contribution in [0.5, 0.6) is 0 Å². The molecule has 0 amide bonds. The van der Waals surface area contributed by atoms with Crippen molar-refractivity contribution in [1.82, 2.24) is 14.8 Å². The Balaban J connectivity index is 1.95. The standard InChI is InChI=1S/C17H16Cl2N4O/c1-17(2)6-11-13(12(24)7-17)15(23-16(22-11)20-8-21-23)9-4-3-5-10(18)14(9)19/h3-5,8,15H,6-7H2,1-2H3,(H,20,21,22)/t15-/m0/s1. The largest absolute Gasteiger partial charge is 0.328 e. The number of benzene rings is 1. The monoisotopic (exact) mass is 362 g/mol. The van der Waals surface area contributed by atoms with Crippen LogP contribution in [0.4, 0.5) is 5.95 Å². The number of hydrogen-bond acceptors (Lipinski definition) is 4. The number of Topliss-reactive ketones (excluding diaryl/α,β-unsaturated/α-hetero) is 1. The highest BCUT2D eigenvalue weighted by Crippen LogP contribution is 2.46. The molecule has 1 aliphatic heterocycles. The zero-order valence-corrected chi connectivity index (χ0v) is 14.8. The molecule has 0 spiro atoms. The summed E-state index contributed by atoms with van der Waals surface area (Å²) >= 11 is 12.6. The number of ketones is 1. The Hall–Kier alpha value is -1.85. The lowest BCUT2D eigenvalue weighted by Gasteiger charge is -2.38. The van der Waals surface area contributed by atoms with Crippen molar-refractivity contribution < 1.29 is 4.79 Å². The Labute approximate surface area is 149 Å². The molecule has 2 aliphatic rings. The van der Waals surface area contributed by atoms with Gasteiger partial charge >= 0.3 is 0 Å². The molecule has 1 aromatic carbocycles. The smallest absolute Gasteiger partial charge is 0.226 e. The summed E-state index contributed by atoms with van der Waals surface area (Å²) in [5, 5.41) is 8.47. The molecule has 0 bridgehead atoms. The first-order valence-electron chi connectivity index (χ1n) is 7.74. The van der Waals surface area contributed by atoms with E-state index >= 15 is 0 Å². The van der Waals surface area contributed by atoms with E-state index in [9.17, 15) is 4.79 Å². The van der Waals surface area contributed by atoms with Crippen LogP contribution in [0.3, 0.4) is 0 Å². The maximum absolute atomic E-state index is 12.9. The fourth-order valence-corrected chi connectivity index (χ4v) is 3.98. The Kier molecular flexibility index (Phi) is 3.48. The van der Waals surface area contributed by atoms with Crippen molar-refractivity contribution >= 4 is 34.9 Å². The van der Waals surface area contributed by atoms with Crippen LogP contribution in [0.1, 0.15) is 38.3 Å². The minimum absolute atomic E-state index is 0.0895. The van der Waals surface area contributed by atoms with E-state index in [1.165, 1.54) is 6.33 Å². The lowest BCUT2D eigenvalue weighted by molar-refractivity contribution is -0.118. The average molecular weight is 363 g/mol. The van der Waals surface area contributed by atoms with Crippen molar-refractivity contribution in [1.29, 1.82) is 0 Å². The van der Waals surface area contributed by atoms with E-state index in [1.807, 2.05) is 12.1 Å². The molecule has 5 nitrogen and oxygen atoms in total. The third-order valence-corrected chi connectivity index (χ3v) is 5.38. The van der Waals surface area contributed by atoms with Gasteiger partial charge in [-0.05, 0) is 17.9 Å². The zero-order chi connectivity index (χ0) is 17.1. The van der Waals surface area contributed by atoms with Gasteiger partial charge < -0.3 is 5.32 Å². The van der Waals surface area contributed by atoms with Crippen LogP contribution in [-0.2, 0) is 4.79 Å². The second-order valence-corrected chi connectivity index (χ2v) is 7.82. The number of aromatic nitrogens is 3. The van der Waals surface area contributed by atoms with Crippen LogP contribution in [0, 0.1) is 5.41 Å². The fourth-order valence-electron chi connectivity index (χ4n) is 3.57. The van der Waals surface area contributed by atoms with Gasteiger partial charge in [-0.15, -0.1) is 0 Å². The summed E-state index contributed by atoms with van der Waals surface area (Å²) in [6.07, 6.45) is 2.74. The molecule has 0 unspecified atom stereocenters. The van der Waals surface area contributed by atoms with Gasteiger partial charge in [0.05, 0.1) is 10.0 Å². The Morgan fingerprint density at radius 2 is 2.08 bits per heavy atom. The molecule has 0 saturated heterocycles. The normalized spacial score (nSPS) is 22.0. The van der Waals surface area contributed by atoms with Crippen LogP contribution < -0.4 is 5.32 Å². The molecule has 7 heteroatoms. The SMILES string of the molecule is CC1(C)CC(=O)C2=C(C1)Nc1ncnn1[C@H]2c1cccc(Cl)c1Cl. The molecule has 1 atom stereocenters. The predicted octanol–water partition coefficient (Wildman–Crippen LogP) is 4.24. The molecule has 0 saturated carbocycles. The molecule has 1 aliphatic carbocycles. The summed E-state index contributed by atoms with van der Waals surface area (Å²) in [4.78, 5) is 17.2. The number of carbonyl (C=O) groups excluding carboxylic acids is 1. The summed E-state index contributed by atoms with van der Waals surface area (Å²) in [6, 6.07) is 5.04. The topological polar surface area (TPSA) is 59.8 Å². The molecule has 4 rings (SSSR count). The maximum Gasteiger partial charge on any atom is 0.226 e. The average Bonchev–Trinajstić information content (AvgIpc) is 2.95. The number of fused-ring (bicyclic) bond motifs is 1. The molecule has 24 heavy (non-hydrogen) atoms. The Bertz CT molecular complexity index is 884. The molecule has 1 aromatic heterocycles. The lowest BCUT2D eigenvalue weighted by atomic mass is 9.73. The highest BCUT2D eigenvalue weighted by Gasteiger charge is 2.42. The van der Waals surface area contributed by atoms with Crippen LogP contribution in [0.2, 0.25) is 10.0 Å². The van der Waals surface area contributed by atoms with Gasteiger partial charge in [-0.3, -0.25) is 4.79 Å². The molecule has 2 aromatic rings. The Morgan fingerprint density at radius 1 is 1.29 bits per heavy atom. The number of halogens is 2. The summed E-state index contributed by atoms with van der Waals surface area (Å²) in [5.74, 6) is 0.719. The first-order valence-corrected chi connectivity index (χ1v) is 8.50. The van der Waals surface area contributed by atoms with E-state index in [4.69, 9.17) is 23.2 Å². The van der Waals surface area contributed by atoms with Crippen molar-refractivity contribution in [3.05, 3.63) is 51.4 Å². The van der Waals surface area contributed by atoms with E-state index in [0.29, 0.717) is 28.0 Å². The first kappa shape index (κ1) is 15.7. The highest BCUT2D eigenvalue weighted by atomic mass is 35.5. The van der Waals surface area contributed by atoms with E-state index in [0.717, 1.165) is 17.7 Å². The summed E-state index contributed by atoms with van der Waals surface area (Å²) in [7, 11) is 0. The fraction of sp³-hybridized carbons (Fsp3) is 0.353. The van der Waals surface area contributed by atoms with Gasteiger partial charge in [0.2, 0.25) is 5.95 Å². The number of carbonyl (C=O) groups is 1. The minimum Gasteiger partial charge on any atom is -0.328 e. The molecule has 2 heterocycles. The van der Waals surface area contributed by atoms with E-state index < -0.39 is 6.04 Å². The van der Waals surface area contributed by atoms with Gasteiger partial charge in [0.25, 0.3) is 0 Å². The lowest BCUT2D eigenvalue weighted by Crippen LogP contribution is -2.36. The van der Waals surface area contributed by atoms with Crippen molar-refractivity contribution in [3.63, 3.8) is 0 Å². The van der Waals surface area contributed by atoms with Crippen molar-refractivity contribution in [2.75, 3.05) is 5.32 Å². The van der Waals surface area contributed by atoms with E-state index in [2.05, 4.69) is 29.2 Å². The van der Waals surface area contributed by atoms with Gasteiger partial charge in [0.15, 0.2) is 5.78 Å². The quantitative estimate of drug-likeness (QED) is 0.823. The summed E-state index contributed by atoms with van der Waals surface area (Å²) < 4.78 is 1.70. The maximum atomic E-state index is 12.9. The number of rotatable bonds is 1. The van der Waals surface area contributed by atoms with Crippen molar-refractivity contribution in [2.24, 2.45) is 5.41 Å². The van der Waals surface area contributed by atoms with Gasteiger partial charge in [0, 0.05) is 23.3 Å². The third kappa shape index (κ3) is 2.34. The molecular weight excluding hydrogens is 347 g/mol. The predicted molar refractivity (Wildman–Crippen MR) is 93.3 cm³/mol. The summed E-state index contributed by atoms with van der Waals surface area (Å²) in [5.41, 5.74) is 2.28. The number of allylic oxidation sites excluding steroid dienone is 2. The van der Waals surface area contributed by atoms with E-state index in [1.54, 1.807) is 10.7 Å². The van der Waals surface area contributed by atoms with E-state index in [-0.39, 0.29) is 11.2 Å². The molecular formula is C17H16Cl2N4O. The number of hydrogen-bond donors (Lipinski definition) is 1. The molecule has 1 N–H and O–H groups in total. The van der Waals surface area contributed by atoms with Gasteiger partial charge in [-0.25, -0.2) is 4.68 Å². The number of anilines is 1. The molecule has 0 radical (unpaired) electrons. The van der Waals surface area contributed by atoms with Crippen molar-refractivity contribution in [2.45, 2.75) is 32.7 Å². The molecule has 0 fully saturated rings. The second kappa shape index (κ2) is 5.33. The number of nitrogens with zero attached hydrogens (tertiary/aromatic N) is 3. The zero-order valence-electron chi connectivity index (χ0n) is 13.3. The van der Waals surface area contributed by atoms with Crippen LogP contribution in [0.25, 0.3) is 0 Å². The third-order valence-electron chi connectivity index (χ3n) is 4.55. The number of nitrogens with one attached hydrogen (secondary N) is 1.